The highest BCUT2D eigenvalue weighted by molar-refractivity contribution is 9.10. The summed E-state index contributed by atoms with van der Waals surface area (Å²) in [6, 6.07) is 3.71. The van der Waals surface area contributed by atoms with E-state index in [4.69, 9.17) is 4.74 Å². The molecule has 1 aromatic carbocycles. The first-order chi connectivity index (χ1) is 11.8. The molecule has 1 amide bonds. The standard InChI is InChI=1S/C15H22BrF2N2O5P/c1-5-24-26(22,23)15(17,18)11-7-6-10(8-12(11)16)9-19-20-13(21)25-14(2,3)4/h6-8,19H,5,9H2,1-4H3,(H,20,21)(H,22,23). The van der Waals surface area contributed by atoms with E-state index in [1.807, 2.05) is 0 Å². The minimum atomic E-state index is -5.17. The minimum Gasteiger partial charge on any atom is -0.443 e. The Bertz CT molecular complexity index is 697. The zero-order valence-electron chi connectivity index (χ0n) is 14.8. The molecule has 1 rings (SSSR count). The highest BCUT2D eigenvalue weighted by Gasteiger charge is 2.53. The summed E-state index contributed by atoms with van der Waals surface area (Å²) in [5, 5.41) is 0. The summed E-state index contributed by atoms with van der Waals surface area (Å²) in [7, 11) is -5.17. The van der Waals surface area contributed by atoms with E-state index in [2.05, 4.69) is 31.3 Å². The molecule has 0 radical (unpaired) electrons. The predicted molar refractivity (Wildman–Crippen MR) is 95.7 cm³/mol. The number of halogens is 3. The lowest BCUT2D eigenvalue weighted by atomic mass is 10.1. The zero-order chi connectivity index (χ0) is 20.2. The molecule has 0 heterocycles. The molecular formula is C15H22BrF2N2O5P. The van der Waals surface area contributed by atoms with Crippen molar-refractivity contribution in [3.8, 4) is 0 Å². The Kier molecular flexibility index (Phi) is 7.74. The van der Waals surface area contributed by atoms with Crippen LogP contribution >= 0.6 is 23.5 Å². The summed E-state index contributed by atoms with van der Waals surface area (Å²) >= 11 is 2.98. The Balaban J connectivity index is 2.79. The zero-order valence-corrected chi connectivity index (χ0v) is 17.3. The van der Waals surface area contributed by atoms with Crippen molar-refractivity contribution >= 4 is 29.6 Å². The molecule has 0 bridgehead atoms. The maximum atomic E-state index is 14.3. The van der Waals surface area contributed by atoms with E-state index in [0.29, 0.717) is 5.56 Å². The van der Waals surface area contributed by atoms with Crippen LogP contribution in [0.1, 0.15) is 38.8 Å². The van der Waals surface area contributed by atoms with Gasteiger partial charge in [0, 0.05) is 16.6 Å². The number of amides is 1. The Morgan fingerprint density at radius 3 is 2.46 bits per heavy atom. The molecule has 1 unspecified atom stereocenters. The number of hydrazine groups is 1. The maximum Gasteiger partial charge on any atom is 0.422 e. The van der Waals surface area contributed by atoms with Crippen LogP contribution in [0.15, 0.2) is 22.7 Å². The van der Waals surface area contributed by atoms with E-state index >= 15 is 0 Å². The number of benzene rings is 1. The first-order valence-electron chi connectivity index (χ1n) is 7.66. The Hall–Kier alpha value is -1.06. The second kappa shape index (κ2) is 8.75. The summed E-state index contributed by atoms with van der Waals surface area (Å²) < 4.78 is 49.6. The van der Waals surface area contributed by atoms with Crippen molar-refractivity contribution in [2.24, 2.45) is 0 Å². The van der Waals surface area contributed by atoms with E-state index in [-0.39, 0.29) is 17.6 Å². The fourth-order valence-corrected chi connectivity index (χ4v) is 3.68. The summed E-state index contributed by atoms with van der Waals surface area (Å²) in [4.78, 5) is 21.0. The average molecular weight is 459 g/mol. The lowest BCUT2D eigenvalue weighted by Crippen LogP contribution is -2.40. The third-order valence-electron chi connectivity index (χ3n) is 2.90. The van der Waals surface area contributed by atoms with Gasteiger partial charge in [-0.3, -0.25) is 9.99 Å². The van der Waals surface area contributed by atoms with Crippen LogP contribution < -0.4 is 10.9 Å². The van der Waals surface area contributed by atoms with Crippen LogP contribution in [-0.2, 0) is 26.0 Å². The van der Waals surface area contributed by atoms with Gasteiger partial charge in [0.05, 0.1) is 6.61 Å². The van der Waals surface area contributed by atoms with Gasteiger partial charge in [-0.1, -0.05) is 28.1 Å². The largest absolute Gasteiger partial charge is 0.443 e. The lowest BCUT2D eigenvalue weighted by molar-refractivity contribution is 0.0459. The number of hydrogen-bond acceptors (Lipinski definition) is 5. The van der Waals surface area contributed by atoms with Crippen molar-refractivity contribution in [2.75, 3.05) is 6.61 Å². The van der Waals surface area contributed by atoms with Gasteiger partial charge in [0.1, 0.15) is 5.60 Å². The monoisotopic (exact) mass is 458 g/mol. The third kappa shape index (κ3) is 6.28. The molecule has 1 aromatic rings. The Morgan fingerprint density at radius 2 is 1.96 bits per heavy atom. The molecule has 0 saturated heterocycles. The van der Waals surface area contributed by atoms with Crippen LogP contribution in [0.5, 0.6) is 0 Å². The second-order valence-electron chi connectivity index (χ2n) is 6.27. The first kappa shape index (κ1) is 23.0. The first-order valence-corrected chi connectivity index (χ1v) is 10.0. The Morgan fingerprint density at radius 1 is 1.35 bits per heavy atom. The SMILES string of the molecule is CCOP(=O)(O)C(F)(F)c1ccc(CNNC(=O)OC(C)(C)C)cc1Br. The van der Waals surface area contributed by atoms with E-state index < -0.39 is 30.5 Å². The third-order valence-corrected chi connectivity index (χ3v) is 5.11. The van der Waals surface area contributed by atoms with Crippen LogP contribution in [0, 0.1) is 0 Å². The van der Waals surface area contributed by atoms with Crippen molar-refractivity contribution in [3.05, 3.63) is 33.8 Å². The molecule has 0 aliphatic carbocycles. The lowest BCUT2D eigenvalue weighted by Gasteiger charge is -2.23. The molecule has 11 heteroatoms. The highest BCUT2D eigenvalue weighted by Crippen LogP contribution is 2.64. The molecule has 7 nitrogen and oxygen atoms in total. The molecule has 0 fully saturated rings. The van der Waals surface area contributed by atoms with Crippen molar-refractivity contribution < 1.29 is 32.3 Å². The van der Waals surface area contributed by atoms with E-state index in [0.717, 1.165) is 6.07 Å². The summed E-state index contributed by atoms with van der Waals surface area (Å²) in [6.07, 6.45) is -0.683. The molecular weight excluding hydrogens is 437 g/mol. The van der Waals surface area contributed by atoms with Gasteiger partial charge in [0.2, 0.25) is 0 Å². The van der Waals surface area contributed by atoms with Crippen LogP contribution in [0.3, 0.4) is 0 Å². The van der Waals surface area contributed by atoms with Gasteiger partial charge in [0.25, 0.3) is 0 Å². The molecule has 3 N–H and O–H groups in total. The minimum absolute atomic E-state index is 0.0620. The van der Waals surface area contributed by atoms with Gasteiger partial charge in [-0.05, 0) is 39.3 Å². The normalized spacial score (nSPS) is 14.6. The van der Waals surface area contributed by atoms with Crippen LogP contribution in [0.2, 0.25) is 0 Å². The fourth-order valence-electron chi connectivity index (χ4n) is 1.84. The molecule has 0 aliphatic heterocycles. The van der Waals surface area contributed by atoms with Crippen LogP contribution in [0.4, 0.5) is 13.6 Å². The molecule has 148 valence electrons. The number of carbonyl (C=O) groups excluding carboxylic acids is 1. The van der Waals surface area contributed by atoms with Crippen molar-refractivity contribution in [1.29, 1.82) is 0 Å². The Labute approximate surface area is 159 Å². The quantitative estimate of drug-likeness (QED) is 0.417. The highest BCUT2D eigenvalue weighted by atomic mass is 79.9. The van der Waals surface area contributed by atoms with Gasteiger partial charge < -0.3 is 14.2 Å². The van der Waals surface area contributed by atoms with Gasteiger partial charge in [-0.25, -0.2) is 10.2 Å². The second-order valence-corrected chi connectivity index (χ2v) is 8.99. The summed E-state index contributed by atoms with van der Waals surface area (Å²) in [5.74, 6) is 0. The van der Waals surface area contributed by atoms with Gasteiger partial charge in [0.15, 0.2) is 0 Å². The maximum absolute atomic E-state index is 14.3. The van der Waals surface area contributed by atoms with Crippen LogP contribution in [-0.4, -0.2) is 23.2 Å². The molecule has 26 heavy (non-hydrogen) atoms. The molecule has 0 aromatic heterocycles. The van der Waals surface area contributed by atoms with Gasteiger partial charge in [-0.15, -0.1) is 0 Å². The smallest absolute Gasteiger partial charge is 0.422 e. The molecule has 1 atom stereocenters. The summed E-state index contributed by atoms with van der Waals surface area (Å²) in [5.41, 5.74) is 0.0658. The number of alkyl halides is 2. The van der Waals surface area contributed by atoms with Crippen molar-refractivity contribution in [2.45, 2.75) is 45.5 Å². The fraction of sp³-hybridized carbons (Fsp3) is 0.533. The molecule has 0 spiro atoms. The van der Waals surface area contributed by atoms with E-state index in [1.165, 1.54) is 19.1 Å². The van der Waals surface area contributed by atoms with Gasteiger partial charge in [-0.2, -0.15) is 8.78 Å². The number of rotatable bonds is 7. The number of hydrogen-bond donors (Lipinski definition) is 3. The number of nitrogens with one attached hydrogen (secondary N) is 2. The van der Waals surface area contributed by atoms with Crippen molar-refractivity contribution in [3.63, 3.8) is 0 Å². The topological polar surface area (TPSA) is 96.9 Å². The van der Waals surface area contributed by atoms with E-state index in [9.17, 15) is 23.0 Å². The molecule has 0 aliphatic rings. The van der Waals surface area contributed by atoms with Crippen molar-refractivity contribution in [1.82, 2.24) is 10.9 Å². The molecule has 0 saturated carbocycles. The summed E-state index contributed by atoms with van der Waals surface area (Å²) in [6.45, 7) is 6.28. The van der Waals surface area contributed by atoms with Gasteiger partial charge >= 0.3 is 19.4 Å². The number of ether oxygens (including phenoxy) is 1. The van der Waals surface area contributed by atoms with E-state index in [1.54, 1.807) is 20.8 Å². The average Bonchev–Trinajstić information content (AvgIpc) is 2.44. The predicted octanol–water partition coefficient (Wildman–Crippen LogP) is 4.25. The van der Waals surface area contributed by atoms with Crippen LogP contribution in [0.25, 0.3) is 0 Å². The number of carbonyl (C=O) groups is 1.